The van der Waals surface area contributed by atoms with Gasteiger partial charge >= 0.3 is 10.2 Å². The number of piperidine rings is 1. The molecule has 1 saturated heterocycles. The Balaban J connectivity index is 2.21. The zero-order chi connectivity index (χ0) is 14.8. The van der Waals surface area contributed by atoms with Gasteiger partial charge in [-0.3, -0.25) is 4.72 Å². The molecule has 1 fully saturated rings. The van der Waals surface area contributed by atoms with Crippen LogP contribution in [0.5, 0.6) is 0 Å². The number of halogens is 2. The molecule has 1 aliphatic rings. The lowest BCUT2D eigenvalue weighted by molar-refractivity contribution is 0.156. The van der Waals surface area contributed by atoms with Crippen LogP contribution < -0.4 is 4.72 Å². The number of nitrogens with zero attached hydrogens (tertiary/aromatic N) is 1. The molecule has 1 heterocycles. The van der Waals surface area contributed by atoms with Crippen LogP contribution in [0.3, 0.4) is 0 Å². The van der Waals surface area contributed by atoms with Crippen LogP contribution in [-0.2, 0) is 10.2 Å². The fourth-order valence-corrected chi connectivity index (χ4v) is 4.55. The predicted molar refractivity (Wildman–Crippen MR) is 83.1 cm³/mol. The van der Waals surface area contributed by atoms with Gasteiger partial charge in [0.05, 0.1) is 12.3 Å². The standard InChI is InChI=1S/C12H16FIN2O3S/c13-9-4-5-12(11(14)7-9)15-20(18,19)16-6-2-1-3-10(16)8-17/h4-5,7,10,15,17H,1-3,6,8H2. The van der Waals surface area contributed by atoms with Crippen molar-refractivity contribution < 1.29 is 17.9 Å². The molecule has 1 aliphatic heterocycles. The third kappa shape index (κ3) is 3.60. The van der Waals surface area contributed by atoms with E-state index in [4.69, 9.17) is 0 Å². The van der Waals surface area contributed by atoms with Crippen LogP contribution in [0.25, 0.3) is 0 Å². The highest BCUT2D eigenvalue weighted by molar-refractivity contribution is 14.1. The lowest BCUT2D eigenvalue weighted by Crippen LogP contribution is -2.48. The molecule has 0 radical (unpaired) electrons. The van der Waals surface area contributed by atoms with Crippen LogP contribution in [0, 0.1) is 9.39 Å². The van der Waals surface area contributed by atoms with E-state index < -0.39 is 16.0 Å². The van der Waals surface area contributed by atoms with E-state index in [1.165, 1.54) is 22.5 Å². The molecule has 5 nitrogen and oxygen atoms in total. The summed E-state index contributed by atoms with van der Waals surface area (Å²) >= 11 is 1.88. The van der Waals surface area contributed by atoms with Crippen LogP contribution in [0.1, 0.15) is 19.3 Å². The minimum atomic E-state index is -3.74. The molecule has 20 heavy (non-hydrogen) atoms. The summed E-state index contributed by atoms with van der Waals surface area (Å²) in [6.45, 7) is 0.194. The van der Waals surface area contributed by atoms with Gasteiger partial charge in [0.15, 0.2) is 0 Å². The Morgan fingerprint density at radius 2 is 2.20 bits per heavy atom. The maximum Gasteiger partial charge on any atom is 0.301 e. The zero-order valence-electron chi connectivity index (χ0n) is 10.7. The van der Waals surface area contributed by atoms with Crippen molar-refractivity contribution in [2.45, 2.75) is 25.3 Å². The molecule has 1 aromatic carbocycles. The fourth-order valence-electron chi connectivity index (χ4n) is 2.24. The maximum absolute atomic E-state index is 13.0. The Bertz CT molecular complexity index is 582. The highest BCUT2D eigenvalue weighted by Gasteiger charge is 2.32. The summed E-state index contributed by atoms with van der Waals surface area (Å²) in [5.41, 5.74) is 0.342. The Morgan fingerprint density at radius 1 is 1.45 bits per heavy atom. The van der Waals surface area contributed by atoms with Gasteiger partial charge in [-0.15, -0.1) is 0 Å². The van der Waals surface area contributed by atoms with Gasteiger partial charge < -0.3 is 5.11 Å². The van der Waals surface area contributed by atoms with Gasteiger partial charge in [0.1, 0.15) is 5.82 Å². The molecule has 112 valence electrons. The second-order valence-corrected chi connectivity index (χ2v) is 7.46. The summed E-state index contributed by atoms with van der Waals surface area (Å²) in [5, 5.41) is 9.30. The number of hydrogen-bond donors (Lipinski definition) is 2. The van der Waals surface area contributed by atoms with Gasteiger partial charge in [0.25, 0.3) is 0 Å². The average molecular weight is 414 g/mol. The second-order valence-electron chi connectivity index (χ2n) is 4.67. The molecule has 0 aliphatic carbocycles. The quantitative estimate of drug-likeness (QED) is 0.741. The van der Waals surface area contributed by atoms with Crippen molar-refractivity contribution in [1.82, 2.24) is 4.31 Å². The Hall–Kier alpha value is -0.450. The first-order valence-electron chi connectivity index (χ1n) is 6.29. The fraction of sp³-hybridized carbons (Fsp3) is 0.500. The monoisotopic (exact) mass is 414 g/mol. The van der Waals surface area contributed by atoms with E-state index in [1.807, 2.05) is 22.6 Å². The Kier molecular flexibility index (Phi) is 5.21. The van der Waals surface area contributed by atoms with Crippen LogP contribution in [0.15, 0.2) is 18.2 Å². The first-order chi connectivity index (χ1) is 9.44. The summed E-state index contributed by atoms with van der Waals surface area (Å²) < 4.78 is 42.0. The summed E-state index contributed by atoms with van der Waals surface area (Å²) in [4.78, 5) is 0. The van der Waals surface area contributed by atoms with Crippen molar-refractivity contribution in [1.29, 1.82) is 0 Å². The molecule has 1 unspecified atom stereocenters. The first-order valence-corrected chi connectivity index (χ1v) is 8.81. The molecule has 0 amide bonds. The third-order valence-electron chi connectivity index (χ3n) is 3.26. The Morgan fingerprint density at radius 3 is 2.85 bits per heavy atom. The van der Waals surface area contributed by atoms with Crippen molar-refractivity contribution in [3.05, 3.63) is 27.6 Å². The van der Waals surface area contributed by atoms with Gasteiger partial charge in [-0.2, -0.15) is 12.7 Å². The van der Waals surface area contributed by atoms with Gasteiger partial charge in [-0.05, 0) is 53.6 Å². The van der Waals surface area contributed by atoms with E-state index >= 15 is 0 Å². The first kappa shape index (κ1) is 15.9. The molecule has 1 aromatic rings. The molecule has 0 bridgehead atoms. The maximum atomic E-state index is 13.0. The summed E-state index contributed by atoms with van der Waals surface area (Å²) in [6.07, 6.45) is 2.33. The Labute approximate surface area is 131 Å². The molecule has 2 N–H and O–H groups in total. The summed E-state index contributed by atoms with van der Waals surface area (Å²) in [5.74, 6) is -0.413. The minimum Gasteiger partial charge on any atom is -0.395 e. The van der Waals surface area contributed by atoms with Gasteiger partial charge in [-0.1, -0.05) is 6.42 Å². The summed E-state index contributed by atoms with van der Waals surface area (Å²) in [6, 6.07) is 3.48. The van der Waals surface area contributed by atoms with Crippen molar-refractivity contribution in [3.63, 3.8) is 0 Å². The SMILES string of the molecule is O=S(=O)(Nc1ccc(F)cc1I)N1CCCCC1CO. The molecule has 8 heteroatoms. The largest absolute Gasteiger partial charge is 0.395 e. The lowest BCUT2D eigenvalue weighted by Gasteiger charge is -2.33. The van der Waals surface area contributed by atoms with Crippen LogP contribution >= 0.6 is 22.6 Å². The van der Waals surface area contributed by atoms with Gasteiger partial charge in [-0.25, -0.2) is 4.39 Å². The van der Waals surface area contributed by atoms with Crippen molar-refractivity contribution in [3.8, 4) is 0 Å². The van der Waals surface area contributed by atoms with E-state index in [0.29, 0.717) is 22.2 Å². The molecule has 1 atom stereocenters. The number of aliphatic hydroxyl groups excluding tert-OH is 1. The van der Waals surface area contributed by atoms with E-state index in [2.05, 4.69) is 4.72 Å². The van der Waals surface area contributed by atoms with E-state index in [9.17, 15) is 17.9 Å². The van der Waals surface area contributed by atoms with E-state index in [-0.39, 0.29) is 12.6 Å². The molecule has 0 aromatic heterocycles. The number of hydrogen-bond acceptors (Lipinski definition) is 3. The number of nitrogens with one attached hydrogen (secondary N) is 1. The van der Waals surface area contributed by atoms with Crippen molar-refractivity contribution in [2.24, 2.45) is 0 Å². The predicted octanol–water partition coefficient (Wildman–Crippen LogP) is 1.93. The van der Waals surface area contributed by atoms with Gasteiger partial charge in [0.2, 0.25) is 0 Å². The average Bonchev–Trinajstić information content (AvgIpc) is 2.42. The smallest absolute Gasteiger partial charge is 0.301 e. The van der Waals surface area contributed by atoms with Crippen molar-refractivity contribution in [2.75, 3.05) is 17.9 Å². The van der Waals surface area contributed by atoms with Crippen LogP contribution in [-0.4, -0.2) is 37.0 Å². The lowest BCUT2D eigenvalue weighted by atomic mass is 10.1. The third-order valence-corrected chi connectivity index (χ3v) is 5.73. The normalized spacial score (nSPS) is 20.9. The number of rotatable bonds is 4. The molecule has 0 saturated carbocycles. The second kappa shape index (κ2) is 6.54. The van der Waals surface area contributed by atoms with E-state index in [1.54, 1.807) is 0 Å². The highest BCUT2D eigenvalue weighted by atomic mass is 127. The van der Waals surface area contributed by atoms with E-state index in [0.717, 1.165) is 12.8 Å². The molecular formula is C12H16FIN2O3S. The van der Waals surface area contributed by atoms with Gasteiger partial charge in [0, 0.05) is 16.2 Å². The molecule has 0 spiro atoms. The minimum absolute atomic E-state index is 0.193. The molecular weight excluding hydrogens is 398 g/mol. The summed E-state index contributed by atoms with van der Waals surface area (Å²) in [7, 11) is -3.74. The van der Waals surface area contributed by atoms with Crippen molar-refractivity contribution >= 4 is 38.5 Å². The topological polar surface area (TPSA) is 69.6 Å². The number of aliphatic hydroxyl groups is 1. The number of benzene rings is 1. The van der Waals surface area contributed by atoms with Crippen LogP contribution in [0.4, 0.5) is 10.1 Å². The van der Waals surface area contributed by atoms with Crippen LogP contribution in [0.2, 0.25) is 0 Å². The highest BCUT2D eigenvalue weighted by Crippen LogP contribution is 2.24. The zero-order valence-corrected chi connectivity index (χ0v) is 13.7. The number of anilines is 1. The molecule has 2 rings (SSSR count).